The van der Waals surface area contributed by atoms with E-state index in [9.17, 15) is 0 Å². The van der Waals surface area contributed by atoms with Gasteiger partial charge < -0.3 is 0 Å². The molecule has 0 heterocycles. The molecule has 0 amide bonds. The Balaban J connectivity index is 4.74. The fraction of sp³-hybridized carbons (Fsp3) is 1.00. The maximum Gasteiger partial charge on any atom is 0.0192 e. The van der Waals surface area contributed by atoms with Crippen molar-refractivity contribution in [3.63, 3.8) is 0 Å². The van der Waals surface area contributed by atoms with Gasteiger partial charge in [0.15, 0.2) is 0 Å². The van der Waals surface area contributed by atoms with Gasteiger partial charge in [-0.25, -0.2) is 10.0 Å². The average molecular weight is 200 g/mol. The minimum atomic E-state index is 0.569. The summed E-state index contributed by atoms with van der Waals surface area (Å²) in [4.78, 5) is 0. The van der Waals surface area contributed by atoms with Crippen molar-refractivity contribution in [3.8, 4) is 0 Å². The zero-order valence-corrected chi connectivity index (χ0v) is 11.2. The molecular weight excluding hydrogens is 172 g/mol. The van der Waals surface area contributed by atoms with E-state index in [4.69, 9.17) is 0 Å². The van der Waals surface area contributed by atoms with Gasteiger partial charge in [-0.1, -0.05) is 0 Å². The molecule has 0 unspecified atom stereocenters. The Kier molecular flexibility index (Phi) is 5.68. The second-order valence-electron chi connectivity index (χ2n) is 5.14. The van der Waals surface area contributed by atoms with E-state index in [2.05, 4.69) is 65.4 Å². The van der Waals surface area contributed by atoms with Gasteiger partial charge in [0.1, 0.15) is 0 Å². The van der Waals surface area contributed by atoms with Crippen LogP contribution in [-0.4, -0.2) is 34.2 Å². The quantitative estimate of drug-likeness (QED) is 0.629. The molecule has 0 bridgehead atoms. The molecule has 0 atom stereocenters. The smallest absolute Gasteiger partial charge is 0.0192 e. The highest BCUT2D eigenvalue weighted by atomic mass is 15.7. The largest absolute Gasteiger partial charge is 0.236 e. The number of nitrogens with zero attached hydrogens (tertiary/aromatic N) is 2. The van der Waals surface area contributed by atoms with Crippen molar-refractivity contribution in [2.75, 3.05) is 0 Å². The first-order chi connectivity index (χ1) is 6.29. The summed E-state index contributed by atoms with van der Waals surface area (Å²) in [5, 5.41) is 4.96. The van der Waals surface area contributed by atoms with Crippen LogP contribution < -0.4 is 0 Å². The van der Waals surface area contributed by atoms with Gasteiger partial charge in [-0.15, -0.1) is 0 Å². The first kappa shape index (κ1) is 13.9. The first-order valence-electron chi connectivity index (χ1n) is 5.85. The molecule has 0 aromatic carbocycles. The predicted molar refractivity (Wildman–Crippen MR) is 64.2 cm³/mol. The topological polar surface area (TPSA) is 6.48 Å². The molecule has 0 aliphatic heterocycles. The lowest BCUT2D eigenvalue weighted by Crippen LogP contribution is -2.56. The number of hydrogen-bond acceptors (Lipinski definition) is 2. The van der Waals surface area contributed by atoms with Crippen LogP contribution in [0.2, 0.25) is 0 Å². The lowest BCUT2D eigenvalue weighted by atomic mass is 10.2. The number of hydrogen-bond donors (Lipinski definition) is 0. The normalized spacial score (nSPS) is 13.3. The Morgan fingerprint density at radius 1 is 0.429 bits per heavy atom. The second-order valence-corrected chi connectivity index (χ2v) is 5.14. The Labute approximate surface area is 90.2 Å². The standard InChI is InChI=1S/C12H28N2/c1-9(2)13(10(3)4)14(11(5)6)12(7)8/h9-12H,1-8H3. The van der Waals surface area contributed by atoms with E-state index >= 15 is 0 Å². The summed E-state index contributed by atoms with van der Waals surface area (Å²) in [6.07, 6.45) is 0. The lowest BCUT2D eigenvalue weighted by Gasteiger charge is -2.45. The van der Waals surface area contributed by atoms with Crippen molar-refractivity contribution >= 4 is 0 Å². The Hall–Kier alpha value is -0.0800. The minimum absolute atomic E-state index is 0.569. The molecule has 0 spiro atoms. The third kappa shape index (κ3) is 3.58. The molecule has 0 saturated heterocycles. The average Bonchev–Trinajstić information content (AvgIpc) is 1.96. The van der Waals surface area contributed by atoms with Gasteiger partial charge in [0.2, 0.25) is 0 Å². The monoisotopic (exact) mass is 200 g/mol. The molecule has 0 saturated carbocycles. The summed E-state index contributed by atoms with van der Waals surface area (Å²) in [7, 11) is 0. The third-order valence-electron chi connectivity index (χ3n) is 2.38. The number of rotatable bonds is 5. The van der Waals surface area contributed by atoms with Gasteiger partial charge in [-0.05, 0) is 55.4 Å². The van der Waals surface area contributed by atoms with Crippen LogP contribution in [0.25, 0.3) is 0 Å². The molecule has 0 rings (SSSR count). The molecule has 0 N–H and O–H groups in total. The van der Waals surface area contributed by atoms with Crippen LogP contribution >= 0.6 is 0 Å². The highest BCUT2D eigenvalue weighted by Crippen LogP contribution is 2.16. The third-order valence-corrected chi connectivity index (χ3v) is 2.38. The summed E-state index contributed by atoms with van der Waals surface area (Å²) in [5.74, 6) is 0. The highest BCUT2D eigenvalue weighted by Gasteiger charge is 2.25. The summed E-state index contributed by atoms with van der Waals surface area (Å²) in [6.45, 7) is 18.1. The van der Waals surface area contributed by atoms with Crippen LogP contribution in [0.1, 0.15) is 55.4 Å². The van der Waals surface area contributed by atoms with Gasteiger partial charge in [0, 0.05) is 24.2 Å². The molecule has 0 fully saturated rings. The van der Waals surface area contributed by atoms with E-state index in [1.807, 2.05) is 0 Å². The zero-order chi connectivity index (χ0) is 11.5. The van der Waals surface area contributed by atoms with Crippen molar-refractivity contribution in [1.29, 1.82) is 0 Å². The van der Waals surface area contributed by atoms with Crippen molar-refractivity contribution in [3.05, 3.63) is 0 Å². The van der Waals surface area contributed by atoms with Gasteiger partial charge in [-0.2, -0.15) is 0 Å². The molecular formula is C12H28N2. The molecule has 0 aliphatic rings. The van der Waals surface area contributed by atoms with Crippen LogP contribution in [0, 0.1) is 0 Å². The molecule has 2 nitrogen and oxygen atoms in total. The first-order valence-corrected chi connectivity index (χ1v) is 5.85. The van der Waals surface area contributed by atoms with Crippen LogP contribution in [0.5, 0.6) is 0 Å². The second kappa shape index (κ2) is 5.72. The van der Waals surface area contributed by atoms with Crippen molar-refractivity contribution in [2.45, 2.75) is 79.6 Å². The summed E-state index contributed by atoms with van der Waals surface area (Å²) < 4.78 is 0. The maximum atomic E-state index is 2.48. The Morgan fingerprint density at radius 3 is 0.643 bits per heavy atom. The lowest BCUT2D eigenvalue weighted by molar-refractivity contribution is -0.118. The van der Waals surface area contributed by atoms with Crippen LogP contribution in [0.3, 0.4) is 0 Å². The highest BCUT2D eigenvalue weighted by molar-refractivity contribution is 4.72. The maximum absolute atomic E-state index is 2.48. The fourth-order valence-corrected chi connectivity index (χ4v) is 2.26. The van der Waals surface area contributed by atoms with E-state index in [1.54, 1.807) is 0 Å². The van der Waals surface area contributed by atoms with Crippen LogP contribution in [0.4, 0.5) is 0 Å². The van der Waals surface area contributed by atoms with E-state index in [0.717, 1.165) is 0 Å². The van der Waals surface area contributed by atoms with Gasteiger partial charge >= 0.3 is 0 Å². The summed E-state index contributed by atoms with van der Waals surface area (Å²) >= 11 is 0. The fourth-order valence-electron chi connectivity index (χ4n) is 2.26. The zero-order valence-electron chi connectivity index (χ0n) is 11.2. The molecule has 0 aliphatic carbocycles. The molecule has 2 heteroatoms. The SMILES string of the molecule is CC(C)N(C(C)C)N(C(C)C)C(C)C. The Bertz CT molecular complexity index is 116. The van der Waals surface area contributed by atoms with Crippen LogP contribution in [-0.2, 0) is 0 Å². The number of hydrazine groups is 1. The molecule has 0 aromatic rings. The van der Waals surface area contributed by atoms with Gasteiger partial charge in [0.25, 0.3) is 0 Å². The van der Waals surface area contributed by atoms with Crippen molar-refractivity contribution in [1.82, 2.24) is 10.0 Å². The molecule has 14 heavy (non-hydrogen) atoms. The van der Waals surface area contributed by atoms with Gasteiger partial charge in [0.05, 0.1) is 0 Å². The molecule has 0 aromatic heterocycles. The van der Waals surface area contributed by atoms with E-state index in [0.29, 0.717) is 24.2 Å². The van der Waals surface area contributed by atoms with Crippen LogP contribution in [0.15, 0.2) is 0 Å². The van der Waals surface area contributed by atoms with Crippen molar-refractivity contribution in [2.24, 2.45) is 0 Å². The van der Waals surface area contributed by atoms with Crippen molar-refractivity contribution < 1.29 is 0 Å². The van der Waals surface area contributed by atoms with E-state index in [1.165, 1.54) is 0 Å². The van der Waals surface area contributed by atoms with E-state index < -0.39 is 0 Å². The van der Waals surface area contributed by atoms with E-state index in [-0.39, 0.29) is 0 Å². The molecule has 86 valence electrons. The van der Waals surface area contributed by atoms with Gasteiger partial charge in [-0.3, -0.25) is 0 Å². The Morgan fingerprint density at radius 2 is 0.571 bits per heavy atom. The summed E-state index contributed by atoms with van der Waals surface area (Å²) in [5.41, 5.74) is 0. The minimum Gasteiger partial charge on any atom is -0.236 e. The molecule has 0 radical (unpaired) electrons. The predicted octanol–water partition coefficient (Wildman–Crippen LogP) is 3.14. The summed E-state index contributed by atoms with van der Waals surface area (Å²) in [6, 6.07) is 2.28.